The number of halogens is 2. The van der Waals surface area contributed by atoms with Crippen molar-refractivity contribution in [1.82, 2.24) is 4.90 Å². The first-order valence-corrected chi connectivity index (χ1v) is 6.97. The summed E-state index contributed by atoms with van der Waals surface area (Å²) >= 11 is 3.30. The van der Waals surface area contributed by atoms with Crippen LogP contribution in [-0.2, 0) is 0 Å². The van der Waals surface area contributed by atoms with E-state index in [-0.39, 0.29) is 11.8 Å². The lowest BCUT2D eigenvalue weighted by atomic mass is 10.2. The molecule has 2 amide bonds. The van der Waals surface area contributed by atoms with Crippen molar-refractivity contribution < 1.29 is 9.18 Å². The Labute approximate surface area is 114 Å². The third kappa shape index (κ3) is 3.45. The molecule has 5 heteroatoms. The first kappa shape index (κ1) is 13.3. The van der Waals surface area contributed by atoms with Crippen molar-refractivity contribution in [2.24, 2.45) is 0 Å². The summed E-state index contributed by atoms with van der Waals surface area (Å²) < 4.78 is 13.8. The Hall–Kier alpha value is -1.10. The number of anilines is 1. The van der Waals surface area contributed by atoms with Crippen molar-refractivity contribution in [1.29, 1.82) is 0 Å². The van der Waals surface area contributed by atoms with Gasteiger partial charge in [0.25, 0.3) is 0 Å². The molecule has 1 aliphatic rings. The van der Waals surface area contributed by atoms with E-state index >= 15 is 0 Å². The van der Waals surface area contributed by atoms with Crippen LogP contribution in [-0.4, -0.2) is 24.0 Å². The van der Waals surface area contributed by atoms with Crippen LogP contribution in [0.3, 0.4) is 0 Å². The van der Waals surface area contributed by atoms with Crippen molar-refractivity contribution in [3.8, 4) is 0 Å². The van der Waals surface area contributed by atoms with Crippen LogP contribution >= 0.6 is 15.9 Å². The fourth-order valence-corrected chi connectivity index (χ4v) is 2.41. The van der Waals surface area contributed by atoms with E-state index in [0.717, 1.165) is 25.9 Å². The SMILES string of the molecule is O=C(Nc1cc(F)ccc1Br)N1CCCCCC1. The van der Waals surface area contributed by atoms with Crippen LogP contribution in [0.1, 0.15) is 25.7 Å². The van der Waals surface area contributed by atoms with E-state index in [1.54, 1.807) is 11.0 Å². The molecule has 0 unspecified atom stereocenters. The highest BCUT2D eigenvalue weighted by Crippen LogP contribution is 2.23. The molecule has 1 N–H and O–H groups in total. The molecule has 18 heavy (non-hydrogen) atoms. The third-order valence-electron chi connectivity index (χ3n) is 3.06. The summed E-state index contributed by atoms with van der Waals surface area (Å²) in [6, 6.07) is 4.11. The summed E-state index contributed by atoms with van der Waals surface area (Å²) in [7, 11) is 0. The fourth-order valence-electron chi connectivity index (χ4n) is 2.06. The lowest BCUT2D eigenvalue weighted by Gasteiger charge is -2.21. The van der Waals surface area contributed by atoms with Gasteiger partial charge >= 0.3 is 6.03 Å². The molecule has 0 radical (unpaired) electrons. The number of hydrogen-bond donors (Lipinski definition) is 1. The van der Waals surface area contributed by atoms with Gasteiger partial charge in [-0.3, -0.25) is 0 Å². The zero-order valence-electron chi connectivity index (χ0n) is 10.1. The fraction of sp³-hybridized carbons (Fsp3) is 0.462. The maximum absolute atomic E-state index is 13.1. The van der Waals surface area contributed by atoms with Gasteiger partial charge in [0.2, 0.25) is 0 Å². The number of benzene rings is 1. The Kier molecular flexibility index (Phi) is 4.58. The molecule has 0 bridgehead atoms. The molecule has 2 rings (SSSR count). The van der Waals surface area contributed by atoms with Crippen LogP contribution in [0.2, 0.25) is 0 Å². The molecule has 1 fully saturated rings. The number of amides is 2. The summed E-state index contributed by atoms with van der Waals surface area (Å²) in [5.41, 5.74) is 0.476. The summed E-state index contributed by atoms with van der Waals surface area (Å²) in [4.78, 5) is 13.9. The molecular formula is C13H16BrFN2O. The number of hydrogen-bond acceptors (Lipinski definition) is 1. The van der Waals surface area contributed by atoms with Gasteiger partial charge in [-0.1, -0.05) is 12.8 Å². The van der Waals surface area contributed by atoms with Crippen LogP contribution in [0.5, 0.6) is 0 Å². The summed E-state index contributed by atoms with van der Waals surface area (Å²) in [6.45, 7) is 1.55. The highest BCUT2D eigenvalue weighted by molar-refractivity contribution is 9.10. The zero-order chi connectivity index (χ0) is 13.0. The lowest BCUT2D eigenvalue weighted by Crippen LogP contribution is -2.35. The Balaban J connectivity index is 2.03. The molecule has 1 heterocycles. The topological polar surface area (TPSA) is 32.3 Å². The molecule has 1 saturated heterocycles. The maximum atomic E-state index is 13.1. The number of likely N-dealkylation sites (tertiary alicyclic amines) is 1. The van der Waals surface area contributed by atoms with Crippen LogP contribution in [0.25, 0.3) is 0 Å². The van der Waals surface area contributed by atoms with E-state index in [0.29, 0.717) is 10.2 Å². The average Bonchev–Trinajstić information content (AvgIpc) is 2.62. The van der Waals surface area contributed by atoms with E-state index in [4.69, 9.17) is 0 Å². The second kappa shape index (κ2) is 6.18. The standard InChI is InChI=1S/C13H16BrFN2O/c14-11-6-5-10(15)9-12(11)16-13(18)17-7-3-1-2-4-8-17/h5-6,9H,1-4,7-8H2,(H,16,18). The number of carbonyl (C=O) groups excluding carboxylic acids is 1. The smallest absolute Gasteiger partial charge is 0.321 e. The van der Waals surface area contributed by atoms with Gasteiger partial charge < -0.3 is 10.2 Å². The van der Waals surface area contributed by atoms with Gasteiger partial charge in [0.1, 0.15) is 5.82 Å². The molecule has 3 nitrogen and oxygen atoms in total. The van der Waals surface area contributed by atoms with E-state index in [2.05, 4.69) is 21.2 Å². The molecule has 0 aromatic heterocycles. The summed E-state index contributed by atoms with van der Waals surface area (Å²) in [5.74, 6) is -0.357. The molecule has 0 aliphatic carbocycles. The molecular weight excluding hydrogens is 299 g/mol. The van der Waals surface area contributed by atoms with Gasteiger partial charge in [0.15, 0.2) is 0 Å². The van der Waals surface area contributed by atoms with Crippen LogP contribution < -0.4 is 5.32 Å². The number of carbonyl (C=O) groups is 1. The highest BCUT2D eigenvalue weighted by Gasteiger charge is 2.16. The predicted molar refractivity (Wildman–Crippen MR) is 73.2 cm³/mol. The van der Waals surface area contributed by atoms with E-state index < -0.39 is 0 Å². The number of nitrogens with one attached hydrogen (secondary N) is 1. The molecule has 98 valence electrons. The van der Waals surface area contributed by atoms with Gasteiger partial charge in [-0.15, -0.1) is 0 Å². The average molecular weight is 315 g/mol. The quantitative estimate of drug-likeness (QED) is 0.835. The molecule has 0 saturated carbocycles. The number of urea groups is 1. The zero-order valence-corrected chi connectivity index (χ0v) is 11.7. The minimum absolute atomic E-state index is 0.150. The minimum Gasteiger partial charge on any atom is -0.325 e. The third-order valence-corrected chi connectivity index (χ3v) is 3.75. The van der Waals surface area contributed by atoms with Gasteiger partial charge in [-0.2, -0.15) is 0 Å². The van der Waals surface area contributed by atoms with Crippen LogP contribution in [0.4, 0.5) is 14.9 Å². The van der Waals surface area contributed by atoms with Gasteiger partial charge in [0.05, 0.1) is 5.69 Å². The lowest BCUT2D eigenvalue weighted by molar-refractivity contribution is 0.213. The monoisotopic (exact) mass is 314 g/mol. The van der Waals surface area contributed by atoms with Crippen molar-refractivity contribution in [3.05, 3.63) is 28.5 Å². The van der Waals surface area contributed by atoms with Crippen LogP contribution in [0, 0.1) is 5.82 Å². The van der Waals surface area contributed by atoms with Crippen molar-refractivity contribution >= 4 is 27.6 Å². The van der Waals surface area contributed by atoms with Gasteiger partial charge in [-0.05, 0) is 47.0 Å². The predicted octanol–water partition coefficient (Wildman–Crippen LogP) is 4.00. The molecule has 1 aliphatic heterocycles. The largest absolute Gasteiger partial charge is 0.325 e. The Bertz CT molecular complexity index is 431. The van der Waals surface area contributed by atoms with Crippen molar-refractivity contribution in [2.75, 3.05) is 18.4 Å². The van der Waals surface area contributed by atoms with E-state index in [9.17, 15) is 9.18 Å². The van der Waals surface area contributed by atoms with E-state index in [1.807, 2.05) is 0 Å². The molecule has 0 spiro atoms. The first-order chi connectivity index (χ1) is 8.66. The van der Waals surface area contributed by atoms with Crippen molar-refractivity contribution in [3.63, 3.8) is 0 Å². The molecule has 1 aromatic rings. The first-order valence-electron chi connectivity index (χ1n) is 6.18. The maximum Gasteiger partial charge on any atom is 0.321 e. The Morgan fingerprint density at radius 3 is 2.56 bits per heavy atom. The highest BCUT2D eigenvalue weighted by atomic mass is 79.9. The van der Waals surface area contributed by atoms with Crippen molar-refractivity contribution in [2.45, 2.75) is 25.7 Å². The minimum atomic E-state index is -0.357. The van der Waals surface area contributed by atoms with Crippen LogP contribution in [0.15, 0.2) is 22.7 Å². The Morgan fingerprint density at radius 2 is 1.89 bits per heavy atom. The van der Waals surface area contributed by atoms with E-state index in [1.165, 1.54) is 25.0 Å². The normalized spacial score (nSPS) is 16.2. The second-order valence-electron chi connectivity index (χ2n) is 4.46. The molecule has 1 aromatic carbocycles. The number of rotatable bonds is 1. The second-order valence-corrected chi connectivity index (χ2v) is 5.31. The summed E-state index contributed by atoms with van der Waals surface area (Å²) in [6.07, 6.45) is 4.43. The number of nitrogens with zero attached hydrogens (tertiary/aromatic N) is 1. The Morgan fingerprint density at radius 1 is 1.22 bits per heavy atom. The van der Waals surface area contributed by atoms with Gasteiger partial charge in [0, 0.05) is 17.6 Å². The molecule has 0 atom stereocenters. The summed E-state index contributed by atoms with van der Waals surface area (Å²) in [5, 5.41) is 2.75. The van der Waals surface area contributed by atoms with Gasteiger partial charge in [-0.25, -0.2) is 9.18 Å².